The number of aliphatic hydroxyl groups is 1. The number of aliphatic hydroxyl groups excluding tert-OH is 1. The first-order valence-electron chi connectivity index (χ1n) is 6.37. The van der Waals surface area contributed by atoms with E-state index in [1.807, 2.05) is 36.4 Å². The topological polar surface area (TPSA) is 29.5 Å². The Morgan fingerprint density at radius 2 is 1.95 bits per heavy atom. The number of methoxy groups -OCH3 is 1. The second-order valence-electron chi connectivity index (χ2n) is 4.44. The van der Waals surface area contributed by atoms with Gasteiger partial charge < -0.3 is 9.84 Å². The molecule has 0 spiro atoms. The van der Waals surface area contributed by atoms with Gasteiger partial charge >= 0.3 is 0 Å². The van der Waals surface area contributed by atoms with E-state index in [1.54, 1.807) is 18.9 Å². The molecule has 0 amide bonds. The first-order valence-corrected chi connectivity index (χ1v) is 8.15. The van der Waals surface area contributed by atoms with Crippen molar-refractivity contribution in [3.63, 3.8) is 0 Å². The summed E-state index contributed by atoms with van der Waals surface area (Å²) in [6, 6.07) is 16.0. The summed E-state index contributed by atoms with van der Waals surface area (Å²) in [6.45, 7) is 0. The number of rotatable bonds is 6. The summed E-state index contributed by atoms with van der Waals surface area (Å²) in [5, 5.41) is 10.2. The zero-order valence-corrected chi connectivity index (χ0v) is 13.7. The van der Waals surface area contributed by atoms with Gasteiger partial charge in [0.25, 0.3) is 0 Å². The lowest BCUT2D eigenvalue weighted by atomic mass is 10.1. The third-order valence-corrected chi connectivity index (χ3v) is 4.53. The minimum Gasteiger partial charge on any atom is -0.496 e. The monoisotopic (exact) mass is 352 g/mol. The van der Waals surface area contributed by atoms with Gasteiger partial charge in [-0.05, 0) is 35.9 Å². The molecule has 0 saturated heterocycles. The number of benzene rings is 2. The molecule has 1 atom stereocenters. The molecule has 2 aromatic carbocycles. The molecule has 0 fully saturated rings. The highest BCUT2D eigenvalue weighted by atomic mass is 79.9. The lowest BCUT2D eigenvalue weighted by Crippen LogP contribution is -2.14. The highest BCUT2D eigenvalue weighted by molar-refractivity contribution is 9.10. The minimum atomic E-state index is -0.400. The van der Waals surface area contributed by atoms with E-state index < -0.39 is 6.10 Å². The maximum atomic E-state index is 10.2. The molecule has 0 heterocycles. The van der Waals surface area contributed by atoms with Gasteiger partial charge in [0.2, 0.25) is 0 Å². The van der Waals surface area contributed by atoms with E-state index in [0.717, 1.165) is 15.8 Å². The SMILES string of the molecule is COc1ccc(Br)cc1CC(O)CSc1ccccc1. The highest BCUT2D eigenvalue weighted by Gasteiger charge is 2.11. The standard InChI is InChI=1S/C16H17BrO2S/c1-19-16-8-7-13(17)9-12(16)10-14(18)11-20-15-5-3-2-4-6-15/h2-9,14,18H,10-11H2,1H3. The molecule has 0 aliphatic carbocycles. The third kappa shape index (κ3) is 4.54. The van der Waals surface area contributed by atoms with E-state index in [2.05, 4.69) is 28.1 Å². The van der Waals surface area contributed by atoms with Gasteiger partial charge in [-0.25, -0.2) is 0 Å². The Hall–Kier alpha value is -0.970. The molecule has 2 nitrogen and oxygen atoms in total. The molecule has 1 unspecified atom stereocenters. The van der Waals surface area contributed by atoms with Gasteiger partial charge in [-0.1, -0.05) is 34.1 Å². The van der Waals surface area contributed by atoms with Crippen molar-refractivity contribution in [2.75, 3.05) is 12.9 Å². The third-order valence-electron chi connectivity index (χ3n) is 2.88. The number of thioether (sulfide) groups is 1. The number of ether oxygens (including phenoxy) is 1. The molecular formula is C16H17BrO2S. The van der Waals surface area contributed by atoms with E-state index >= 15 is 0 Å². The lowest BCUT2D eigenvalue weighted by molar-refractivity contribution is 0.198. The fourth-order valence-corrected chi connectivity index (χ4v) is 3.19. The van der Waals surface area contributed by atoms with Gasteiger partial charge in [-0.3, -0.25) is 0 Å². The maximum absolute atomic E-state index is 10.2. The van der Waals surface area contributed by atoms with Gasteiger partial charge in [0.15, 0.2) is 0 Å². The molecule has 2 rings (SSSR count). The van der Waals surface area contributed by atoms with Gasteiger partial charge in [0.1, 0.15) is 5.75 Å². The molecule has 0 aliphatic heterocycles. The normalized spacial score (nSPS) is 12.2. The van der Waals surface area contributed by atoms with Crippen LogP contribution in [0, 0.1) is 0 Å². The van der Waals surface area contributed by atoms with Crippen LogP contribution in [0.15, 0.2) is 57.9 Å². The van der Waals surface area contributed by atoms with Crippen molar-refractivity contribution in [2.45, 2.75) is 17.4 Å². The van der Waals surface area contributed by atoms with Crippen LogP contribution in [0.5, 0.6) is 5.75 Å². The quantitative estimate of drug-likeness (QED) is 0.791. The average molecular weight is 353 g/mol. The van der Waals surface area contributed by atoms with Gasteiger partial charge in [0.05, 0.1) is 13.2 Å². The van der Waals surface area contributed by atoms with Crippen molar-refractivity contribution < 1.29 is 9.84 Å². The van der Waals surface area contributed by atoms with Crippen molar-refractivity contribution in [3.05, 3.63) is 58.6 Å². The first kappa shape index (κ1) is 15.4. The largest absolute Gasteiger partial charge is 0.496 e. The molecule has 1 N–H and O–H groups in total. The van der Waals surface area contributed by atoms with Crippen LogP contribution in [0.1, 0.15) is 5.56 Å². The van der Waals surface area contributed by atoms with Gasteiger partial charge in [-0.2, -0.15) is 0 Å². The molecule has 0 bridgehead atoms. The lowest BCUT2D eigenvalue weighted by Gasteiger charge is -2.13. The fourth-order valence-electron chi connectivity index (χ4n) is 1.93. The van der Waals surface area contributed by atoms with Crippen molar-refractivity contribution in [3.8, 4) is 5.75 Å². The van der Waals surface area contributed by atoms with Crippen LogP contribution in [0.2, 0.25) is 0 Å². The molecule has 0 radical (unpaired) electrons. The minimum absolute atomic E-state index is 0.400. The predicted molar refractivity (Wildman–Crippen MR) is 87.6 cm³/mol. The van der Waals surface area contributed by atoms with E-state index in [1.165, 1.54) is 4.90 Å². The van der Waals surface area contributed by atoms with Crippen molar-refractivity contribution in [2.24, 2.45) is 0 Å². The molecule has 4 heteroatoms. The molecule has 20 heavy (non-hydrogen) atoms. The smallest absolute Gasteiger partial charge is 0.122 e. The Morgan fingerprint density at radius 3 is 2.65 bits per heavy atom. The Balaban J connectivity index is 1.94. The van der Waals surface area contributed by atoms with Crippen LogP contribution in [-0.4, -0.2) is 24.1 Å². The van der Waals surface area contributed by atoms with Crippen LogP contribution in [0.4, 0.5) is 0 Å². The van der Waals surface area contributed by atoms with Crippen LogP contribution >= 0.6 is 27.7 Å². The summed E-state index contributed by atoms with van der Waals surface area (Å²) >= 11 is 5.11. The maximum Gasteiger partial charge on any atom is 0.122 e. The summed E-state index contributed by atoms with van der Waals surface area (Å²) in [4.78, 5) is 1.17. The van der Waals surface area contributed by atoms with E-state index in [-0.39, 0.29) is 0 Å². The molecule has 2 aromatic rings. The summed E-state index contributed by atoms with van der Waals surface area (Å²) in [5.41, 5.74) is 1.02. The summed E-state index contributed by atoms with van der Waals surface area (Å²) in [6.07, 6.45) is 0.186. The van der Waals surface area contributed by atoms with Crippen LogP contribution in [0.25, 0.3) is 0 Å². The average Bonchev–Trinajstić information content (AvgIpc) is 2.46. The Labute approximate surface area is 132 Å². The van der Waals surface area contributed by atoms with Crippen LogP contribution < -0.4 is 4.74 Å². The van der Waals surface area contributed by atoms with Crippen LogP contribution in [0.3, 0.4) is 0 Å². The second-order valence-corrected chi connectivity index (χ2v) is 6.45. The molecule has 0 saturated carbocycles. The summed E-state index contributed by atoms with van der Waals surface area (Å²) < 4.78 is 6.32. The zero-order valence-electron chi connectivity index (χ0n) is 11.3. The van der Waals surface area contributed by atoms with E-state index in [9.17, 15) is 5.11 Å². The number of hydrogen-bond donors (Lipinski definition) is 1. The van der Waals surface area contributed by atoms with Gasteiger partial charge in [0, 0.05) is 21.5 Å². The first-order chi connectivity index (χ1) is 9.69. The molecule has 0 aliphatic rings. The second kappa shape index (κ2) is 7.72. The summed E-state index contributed by atoms with van der Waals surface area (Å²) in [7, 11) is 1.65. The van der Waals surface area contributed by atoms with Crippen LogP contribution in [-0.2, 0) is 6.42 Å². The van der Waals surface area contributed by atoms with E-state index in [4.69, 9.17) is 4.74 Å². The Morgan fingerprint density at radius 1 is 1.20 bits per heavy atom. The number of halogens is 1. The highest BCUT2D eigenvalue weighted by Crippen LogP contribution is 2.26. The molecule has 106 valence electrons. The van der Waals surface area contributed by atoms with Gasteiger partial charge in [-0.15, -0.1) is 11.8 Å². The number of hydrogen-bond acceptors (Lipinski definition) is 3. The Kier molecular flexibility index (Phi) is 5.95. The van der Waals surface area contributed by atoms with E-state index in [0.29, 0.717) is 12.2 Å². The van der Waals surface area contributed by atoms with Crippen molar-refractivity contribution in [1.82, 2.24) is 0 Å². The fraction of sp³-hybridized carbons (Fsp3) is 0.250. The molecule has 0 aromatic heterocycles. The molecular weight excluding hydrogens is 336 g/mol. The predicted octanol–water partition coefficient (Wildman–Crippen LogP) is 4.15. The van der Waals surface area contributed by atoms with Crippen molar-refractivity contribution >= 4 is 27.7 Å². The summed E-state index contributed by atoms with van der Waals surface area (Å²) in [5.74, 6) is 1.48. The van der Waals surface area contributed by atoms with Crippen molar-refractivity contribution in [1.29, 1.82) is 0 Å². The Bertz CT molecular complexity index is 545. The zero-order chi connectivity index (χ0) is 14.4.